The predicted octanol–water partition coefficient (Wildman–Crippen LogP) is 2.33. The fraction of sp³-hybridized carbons (Fsp3) is 0.789. The number of nitrogens with one attached hydrogen (secondary N) is 1. The van der Waals surface area contributed by atoms with Crippen molar-refractivity contribution in [3.63, 3.8) is 0 Å². The molecule has 1 aromatic rings. The van der Waals surface area contributed by atoms with Gasteiger partial charge < -0.3 is 10.4 Å². The number of fused-ring (bicyclic) bond motifs is 1. The van der Waals surface area contributed by atoms with E-state index >= 15 is 0 Å². The number of carbonyl (C=O) groups excluding carboxylic acids is 1. The predicted molar refractivity (Wildman–Crippen MR) is 98.5 cm³/mol. The standard InChI is InChI=1S/C19H32N4O2/c1-5-19(25)9-7-8-15-10-22(11-16(15)19)12-17(24)20-18-13(3)21-23(6-2)14(18)4/h15-16,25H,5-12H2,1-4H3,(H,20,24)/t15-,16+,19-/m0/s1. The molecule has 3 rings (SSSR count). The number of anilines is 1. The third kappa shape index (κ3) is 3.47. The number of amides is 1. The summed E-state index contributed by atoms with van der Waals surface area (Å²) in [4.78, 5) is 14.8. The van der Waals surface area contributed by atoms with E-state index in [1.54, 1.807) is 0 Å². The Labute approximate surface area is 150 Å². The van der Waals surface area contributed by atoms with Gasteiger partial charge in [0.2, 0.25) is 5.91 Å². The molecule has 0 unspecified atom stereocenters. The first kappa shape index (κ1) is 18.4. The fourth-order valence-electron chi connectivity index (χ4n) is 4.85. The van der Waals surface area contributed by atoms with Crippen LogP contribution in [0.4, 0.5) is 5.69 Å². The van der Waals surface area contributed by atoms with Gasteiger partial charge in [0.15, 0.2) is 0 Å². The lowest BCUT2D eigenvalue weighted by Crippen LogP contribution is -2.44. The lowest BCUT2D eigenvalue weighted by Gasteiger charge is -2.40. The minimum Gasteiger partial charge on any atom is -0.390 e. The van der Waals surface area contributed by atoms with Gasteiger partial charge in [-0.15, -0.1) is 0 Å². The van der Waals surface area contributed by atoms with Crippen molar-refractivity contribution in [1.29, 1.82) is 0 Å². The average Bonchev–Trinajstić information content (AvgIpc) is 3.11. The van der Waals surface area contributed by atoms with Crippen LogP contribution in [0.15, 0.2) is 0 Å². The van der Waals surface area contributed by atoms with Crippen LogP contribution >= 0.6 is 0 Å². The Hall–Kier alpha value is -1.40. The number of hydrogen-bond acceptors (Lipinski definition) is 4. The Balaban J connectivity index is 1.62. The van der Waals surface area contributed by atoms with Crippen molar-refractivity contribution in [1.82, 2.24) is 14.7 Å². The van der Waals surface area contributed by atoms with Gasteiger partial charge in [0.25, 0.3) is 0 Å². The molecule has 0 spiro atoms. The number of likely N-dealkylation sites (tertiary alicyclic amines) is 1. The Bertz CT molecular complexity index is 642. The lowest BCUT2D eigenvalue weighted by atomic mass is 9.69. The monoisotopic (exact) mass is 348 g/mol. The molecule has 140 valence electrons. The quantitative estimate of drug-likeness (QED) is 0.857. The van der Waals surface area contributed by atoms with E-state index in [-0.39, 0.29) is 5.91 Å². The molecule has 1 aliphatic heterocycles. The van der Waals surface area contributed by atoms with Crippen LogP contribution in [0.5, 0.6) is 0 Å². The van der Waals surface area contributed by atoms with Gasteiger partial charge in [0.1, 0.15) is 0 Å². The summed E-state index contributed by atoms with van der Waals surface area (Å²) in [5, 5.41) is 18.4. The maximum absolute atomic E-state index is 12.6. The molecule has 2 fully saturated rings. The number of nitrogens with zero attached hydrogens (tertiary/aromatic N) is 3. The molecule has 2 heterocycles. The van der Waals surface area contributed by atoms with Gasteiger partial charge in [-0.2, -0.15) is 5.10 Å². The normalized spacial score (nSPS) is 29.6. The zero-order valence-corrected chi connectivity index (χ0v) is 16.0. The second-order valence-corrected chi connectivity index (χ2v) is 7.82. The second kappa shape index (κ2) is 7.08. The third-order valence-electron chi connectivity index (χ3n) is 6.32. The Morgan fingerprint density at radius 2 is 2.12 bits per heavy atom. The van der Waals surface area contributed by atoms with Crippen LogP contribution < -0.4 is 5.32 Å². The van der Waals surface area contributed by atoms with Gasteiger partial charge in [-0.3, -0.25) is 14.4 Å². The molecule has 3 atom stereocenters. The van der Waals surface area contributed by atoms with E-state index in [0.717, 1.165) is 56.0 Å². The summed E-state index contributed by atoms with van der Waals surface area (Å²) < 4.78 is 1.91. The van der Waals surface area contributed by atoms with E-state index in [0.29, 0.717) is 18.4 Å². The first-order chi connectivity index (χ1) is 11.9. The largest absolute Gasteiger partial charge is 0.390 e. The number of aryl methyl sites for hydroxylation is 2. The van der Waals surface area contributed by atoms with Crippen LogP contribution in [-0.4, -0.2) is 50.9 Å². The molecular weight excluding hydrogens is 316 g/mol. The smallest absolute Gasteiger partial charge is 0.238 e. The zero-order valence-electron chi connectivity index (χ0n) is 16.0. The maximum atomic E-state index is 12.6. The van der Waals surface area contributed by atoms with Crippen LogP contribution in [0, 0.1) is 25.7 Å². The zero-order chi connectivity index (χ0) is 18.2. The molecule has 2 N–H and O–H groups in total. The van der Waals surface area contributed by atoms with Crippen molar-refractivity contribution in [3.8, 4) is 0 Å². The molecule has 1 saturated carbocycles. The fourth-order valence-corrected chi connectivity index (χ4v) is 4.85. The Kier molecular flexibility index (Phi) is 5.21. The summed E-state index contributed by atoms with van der Waals surface area (Å²) in [5.74, 6) is 0.851. The van der Waals surface area contributed by atoms with Crippen molar-refractivity contribution >= 4 is 11.6 Å². The van der Waals surface area contributed by atoms with Gasteiger partial charge in [0.05, 0.1) is 29.2 Å². The highest BCUT2D eigenvalue weighted by Crippen LogP contribution is 2.44. The van der Waals surface area contributed by atoms with E-state index < -0.39 is 5.60 Å². The highest BCUT2D eigenvalue weighted by atomic mass is 16.3. The second-order valence-electron chi connectivity index (χ2n) is 7.82. The van der Waals surface area contributed by atoms with Crippen molar-refractivity contribution < 1.29 is 9.90 Å². The van der Waals surface area contributed by atoms with Gasteiger partial charge in [-0.25, -0.2) is 0 Å². The van der Waals surface area contributed by atoms with E-state index in [2.05, 4.69) is 22.2 Å². The lowest BCUT2D eigenvalue weighted by molar-refractivity contribution is -0.117. The van der Waals surface area contributed by atoms with Crippen LogP contribution in [0.25, 0.3) is 0 Å². The summed E-state index contributed by atoms with van der Waals surface area (Å²) in [5.41, 5.74) is 2.17. The van der Waals surface area contributed by atoms with Crippen LogP contribution in [0.1, 0.15) is 50.9 Å². The molecule has 1 aliphatic carbocycles. The SMILES string of the molecule is CCn1nc(C)c(NC(=O)CN2C[C@@H]3CCC[C@@](O)(CC)[C@@H]3C2)c1C. The summed E-state index contributed by atoms with van der Waals surface area (Å²) >= 11 is 0. The molecule has 6 nitrogen and oxygen atoms in total. The molecule has 25 heavy (non-hydrogen) atoms. The number of carbonyl (C=O) groups is 1. The first-order valence-electron chi connectivity index (χ1n) is 9.66. The van der Waals surface area contributed by atoms with Crippen LogP contribution in [0.3, 0.4) is 0 Å². The number of aliphatic hydroxyl groups is 1. The van der Waals surface area contributed by atoms with Crippen molar-refractivity contribution in [2.45, 2.75) is 65.5 Å². The minimum absolute atomic E-state index is 0.0144. The Morgan fingerprint density at radius 3 is 2.76 bits per heavy atom. The number of hydrogen-bond donors (Lipinski definition) is 2. The molecule has 1 amide bonds. The maximum Gasteiger partial charge on any atom is 0.238 e. The van der Waals surface area contributed by atoms with Gasteiger partial charge in [0, 0.05) is 25.6 Å². The molecule has 1 saturated heterocycles. The van der Waals surface area contributed by atoms with Gasteiger partial charge in [-0.1, -0.05) is 13.3 Å². The summed E-state index contributed by atoms with van der Waals surface area (Å²) in [6, 6.07) is 0. The van der Waals surface area contributed by atoms with Crippen LogP contribution in [0.2, 0.25) is 0 Å². The van der Waals surface area contributed by atoms with E-state index in [1.165, 1.54) is 6.42 Å². The van der Waals surface area contributed by atoms with Crippen molar-refractivity contribution in [3.05, 3.63) is 11.4 Å². The molecule has 0 bridgehead atoms. The van der Waals surface area contributed by atoms with Crippen molar-refractivity contribution in [2.24, 2.45) is 11.8 Å². The number of rotatable bonds is 5. The first-order valence-corrected chi connectivity index (χ1v) is 9.66. The molecule has 0 aromatic carbocycles. The van der Waals surface area contributed by atoms with Gasteiger partial charge >= 0.3 is 0 Å². The Morgan fingerprint density at radius 1 is 1.36 bits per heavy atom. The van der Waals surface area contributed by atoms with E-state index in [9.17, 15) is 9.90 Å². The highest BCUT2D eigenvalue weighted by molar-refractivity contribution is 5.93. The van der Waals surface area contributed by atoms with Crippen LogP contribution in [-0.2, 0) is 11.3 Å². The molecule has 6 heteroatoms. The highest BCUT2D eigenvalue weighted by Gasteiger charge is 2.47. The van der Waals surface area contributed by atoms with Gasteiger partial charge in [-0.05, 0) is 46.0 Å². The summed E-state index contributed by atoms with van der Waals surface area (Å²) in [6.45, 7) is 11.0. The molecule has 0 radical (unpaired) electrons. The average molecular weight is 348 g/mol. The molecule has 2 aliphatic rings. The minimum atomic E-state index is -0.538. The van der Waals surface area contributed by atoms with Crippen molar-refractivity contribution in [2.75, 3.05) is 25.0 Å². The summed E-state index contributed by atoms with van der Waals surface area (Å²) in [6.07, 6.45) is 3.98. The number of aromatic nitrogens is 2. The topological polar surface area (TPSA) is 70.4 Å². The molecular formula is C19H32N4O2. The summed E-state index contributed by atoms with van der Waals surface area (Å²) in [7, 11) is 0. The molecule has 1 aromatic heterocycles. The van der Waals surface area contributed by atoms with E-state index in [4.69, 9.17) is 0 Å². The third-order valence-corrected chi connectivity index (χ3v) is 6.32. The van der Waals surface area contributed by atoms with E-state index in [1.807, 2.05) is 25.5 Å².